The first-order chi connectivity index (χ1) is 12.1. The Kier molecular flexibility index (Phi) is 4.10. The molecule has 3 heterocycles. The minimum Gasteiger partial charge on any atom is -0.462 e. The normalized spacial score (nSPS) is 14.7. The molecule has 0 amide bonds. The number of furan rings is 1. The van der Waals surface area contributed by atoms with E-state index in [1.54, 1.807) is 6.07 Å². The summed E-state index contributed by atoms with van der Waals surface area (Å²) in [4.78, 5) is 2.16. The zero-order valence-electron chi connectivity index (χ0n) is 13.3. The lowest BCUT2D eigenvalue weighted by molar-refractivity contribution is 0.200. The number of hydrogen-bond donors (Lipinski definition) is 1. The molecule has 0 bridgehead atoms. The Morgan fingerprint density at radius 2 is 1.96 bits per heavy atom. The van der Waals surface area contributed by atoms with Gasteiger partial charge in [0.2, 0.25) is 0 Å². The van der Waals surface area contributed by atoms with Crippen LogP contribution in [0.2, 0.25) is 0 Å². The van der Waals surface area contributed by atoms with Crippen LogP contribution in [0.15, 0.2) is 39.3 Å². The molecule has 4 rings (SSSR count). The second-order valence-corrected chi connectivity index (χ2v) is 6.05. The van der Waals surface area contributed by atoms with Crippen LogP contribution in [-0.2, 0) is 26.1 Å². The number of benzene rings is 1. The van der Waals surface area contributed by atoms with Gasteiger partial charge in [0.1, 0.15) is 29.6 Å². The molecule has 0 fully saturated rings. The predicted molar refractivity (Wildman–Crippen MR) is 84.3 cm³/mol. The number of fused-ring (bicyclic) bond motifs is 1. The molecule has 1 aromatic carbocycles. The molecule has 1 aliphatic rings. The third-order valence-corrected chi connectivity index (χ3v) is 4.35. The highest BCUT2D eigenvalue weighted by Gasteiger charge is 2.26. The van der Waals surface area contributed by atoms with Gasteiger partial charge in [-0.25, -0.2) is 8.78 Å². The van der Waals surface area contributed by atoms with Gasteiger partial charge in [-0.05, 0) is 30.3 Å². The van der Waals surface area contributed by atoms with Crippen LogP contribution in [0.3, 0.4) is 0 Å². The highest BCUT2D eigenvalue weighted by Crippen LogP contribution is 2.31. The molecule has 0 aliphatic carbocycles. The summed E-state index contributed by atoms with van der Waals surface area (Å²) >= 11 is 0. The van der Waals surface area contributed by atoms with Gasteiger partial charge in [0.15, 0.2) is 11.6 Å². The van der Waals surface area contributed by atoms with Crippen molar-refractivity contribution < 1.29 is 22.8 Å². The lowest BCUT2D eigenvalue weighted by atomic mass is 10.0. The summed E-state index contributed by atoms with van der Waals surface area (Å²) in [7, 11) is 0. The summed E-state index contributed by atoms with van der Waals surface area (Å²) in [6, 6.07) is 7.30. The molecule has 0 saturated heterocycles. The lowest BCUT2D eigenvalue weighted by Gasteiger charge is -2.25. The van der Waals surface area contributed by atoms with Gasteiger partial charge in [-0.1, -0.05) is 5.16 Å². The summed E-state index contributed by atoms with van der Waals surface area (Å²) in [5.41, 5.74) is 1.91. The summed E-state index contributed by atoms with van der Waals surface area (Å²) in [6.45, 7) is 1.80. The molecule has 25 heavy (non-hydrogen) atoms. The average molecular weight is 346 g/mol. The van der Waals surface area contributed by atoms with E-state index in [0.29, 0.717) is 36.5 Å². The van der Waals surface area contributed by atoms with Crippen LogP contribution in [0.4, 0.5) is 8.78 Å². The SMILES string of the molecule is OCc1ccc(CN2CCc3onc(-c4ccc(F)c(F)c4)c3C2)o1. The van der Waals surface area contributed by atoms with Gasteiger partial charge in [-0.3, -0.25) is 4.90 Å². The van der Waals surface area contributed by atoms with Crippen molar-refractivity contribution in [3.63, 3.8) is 0 Å². The molecule has 0 unspecified atom stereocenters. The number of rotatable bonds is 4. The summed E-state index contributed by atoms with van der Waals surface area (Å²) in [6.07, 6.45) is 0.680. The topological polar surface area (TPSA) is 62.6 Å². The predicted octanol–water partition coefficient (Wildman–Crippen LogP) is 3.26. The maximum Gasteiger partial charge on any atom is 0.159 e. The standard InChI is InChI=1S/C18H16F2N2O3/c19-15-4-1-11(7-16(15)20)18-14-9-22(6-5-17(14)25-21-18)8-12-2-3-13(10-23)24-12/h1-4,7,23H,5-6,8-10H2. The maximum atomic E-state index is 13.5. The summed E-state index contributed by atoms with van der Waals surface area (Å²) in [5, 5.41) is 13.1. The van der Waals surface area contributed by atoms with Crippen molar-refractivity contribution in [2.45, 2.75) is 26.1 Å². The number of aliphatic hydroxyl groups excluding tert-OH is 1. The van der Waals surface area contributed by atoms with Crippen LogP contribution in [0, 0.1) is 11.6 Å². The lowest BCUT2D eigenvalue weighted by Crippen LogP contribution is -2.29. The third kappa shape index (κ3) is 3.08. The number of aliphatic hydroxyl groups is 1. The smallest absolute Gasteiger partial charge is 0.159 e. The van der Waals surface area contributed by atoms with Crippen LogP contribution in [-0.4, -0.2) is 21.7 Å². The second kappa shape index (κ2) is 6.42. The molecule has 1 aliphatic heterocycles. The molecule has 0 spiro atoms. The van der Waals surface area contributed by atoms with Gasteiger partial charge < -0.3 is 14.0 Å². The first-order valence-corrected chi connectivity index (χ1v) is 7.97. The number of halogens is 2. The van der Waals surface area contributed by atoms with E-state index < -0.39 is 11.6 Å². The Bertz CT molecular complexity index is 904. The molecular formula is C18H16F2N2O3. The Hall–Kier alpha value is -2.51. The molecule has 3 aromatic rings. The van der Waals surface area contributed by atoms with Gasteiger partial charge in [-0.2, -0.15) is 0 Å². The van der Waals surface area contributed by atoms with Crippen LogP contribution >= 0.6 is 0 Å². The molecule has 5 nitrogen and oxygen atoms in total. The first kappa shape index (κ1) is 16.0. The molecular weight excluding hydrogens is 330 g/mol. The van der Waals surface area contributed by atoms with Crippen LogP contribution in [0.5, 0.6) is 0 Å². The van der Waals surface area contributed by atoms with Crippen LogP contribution < -0.4 is 0 Å². The number of hydrogen-bond acceptors (Lipinski definition) is 5. The van der Waals surface area contributed by atoms with E-state index in [4.69, 9.17) is 14.0 Å². The second-order valence-electron chi connectivity index (χ2n) is 6.05. The van der Waals surface area contributed by atoms with E-state index >= 15 is 0 Å². The molecule has 0 saturated carbocycles. The van der Waals surface area contributed by atoms with Crippen molar-refractivity contribution in [1.29, 1.82) is 0 Å². The largest absolute Gasteiger partial charge is 0.462 e. The average Bonchev–Trinajstić information content (AvgIpc) is 3.24. The first-order valence-electron chi connectivity index (χ1n) is 7.97. The zero-order valence-corrected chi connectivity index (χ0v) is 13.3. The molecule has 130 valence electrons. The minimum atomic E-state index is -0.908. The van der Waals surface area contributed by atoms with Crippen molar-refractivity contribution in [2.24, 2.45) is 0 Å². The fourth-order valence-electron chi connectivity index (χ4n) is 3.08. The van der Waals surface area contributed by atoms with Gasteiger partial charge in [0, 0.05) is 30.6 Å². The van der Waals surface area contributed by atoms with Gasteiger partial charge in [0.05, 0.1) is 6.54 Å². The molecule has 7 heteroatoms. The van der Waals surface area contributed by atoms with E-state index in [2.05, 4.69) is 10.1 Å². The Labute approximate surface area is 142 Å². The van der Waals surface area contributed by atoms with Crippen LogP contribution in [0.1, 0.15) is 22.8 Å². The molecule has 2 aromatic heterocycles. The van der Waals surface area contributed by atoms with E-state index in [0.717, 1.165) is 35.8 Å². The fourth-order valence-corrected chi connectivity index (χ4v) is 3.08. The van der Waals surface area contributed by atoms with Crippen molar-refractivity contribution >= 4 is 0 Å². The quantitative estimate of drug-likeness (QED) is 0.786. The van der Waals surface area contributed by atoms with E-state index in [-0.39, 0.29) is 6.61 Å². The third-order valence-electron chi connectivity index (χ3n) is 4.35. The minimum absolute atomic E-state index is 0.129. The highest BCUT2D eigenvalue weighted by atomic mass is 19.2. The van der Waals surface area contributed by atoms with Crippen molar-refractivity contribution in [3.05, 3.63) is 64.8 Å². The van der Waals surface area contributed by atoms with Crippen molar-refractivity contribution in [1.82, 2.24) is 10.1 Å². The van der Waals surface area contributed by atoms with Crippen LogP contribution in [0.25, 0.3) is 11.3 Å². The number of nitrogens with zero attached hydrogens (tertiary/aromatic N) is 2. The molecule has 1 N–H and O–H groups in total. The van der Waals surface area contributed by atoms with Crippen molar-refractivity contribution in [3.8, 4) is 11.3 Å². The Morgan fingerprint density at radius 3 is 2.72 bits per heavy atom. The molecule has 0 atom stereocenters. The Morgan fingerprint density at radius 1 is 1.12 bits per heavy atom. The van der Waals surface area contributed by atoms with E-state index in [1.807, 2.05) is 6.07 Å². The van der Waals surface area contributed by atoms with Crippen molar-refractivity contribution in [2.75, 3.05) is 6.54 Å². The monoisotopic (exact) mass is 346 g/mol. The fraction of sp³-hybridized carbons (Fsp3) is 0.278. The van der Waals surface area contributed by atoms with Gasteiger partial charge in [0.25, 0.3) is 0 Å². The van der Waals surface area contributed by atoms with E-state index in [9.17, 15) is 8.78 Å². The number of aromatic nitrogens is 1. The highest BCUT2D eigenvalue weighted by molar-refractivity contribution is 5.63. The zero-order chi connectivity index (χ0) is 17.4. The van der Waals surface area contributed by atoms with Gasteiger partial charge in [-0.15, -0.1) is 0 Å². The molecule has 0 radical (unpaired) electrons. The van der Waals surface area contributed by atoms with Gasteiger partial charge >= 0.3 is 0 Å². The Balaban J connectivity index is 1.57. The maximum absolute atomic E-state index is 13.5. The van der Waals surface area contributed by atoms with E-state index in [1.165, 1.54) is 6.07 Å². The summed E-state index contributed by atoms with van der Waals surface area (Å²) in [5.74, 6) is 0.263. The summed E-state index contributed by atoms with van der Waals surface area (Å²) < 4.78 is 37.6.